The third-order valence-electron chi connectivity index (χ3n) is 4.19. The van der Waals surface area contributed by atoms with Crippen LogP contribution in [0.3, 0.4) is 0 Å². The molecule has 0 aromatic rings. The molecule has 1 aliphatic heterocycles. The molecule has 4 nitrogen and oxygen atoms in total. The summed E-state index contributed by atoms with van der Waals surface area (Å²) in [4.78, 5) is 2.33. The summed E-state index contributed by atoms with van der Waals surface area (Å²) >= 11 is 0. The second kappa shape index (κ2) is 4.86. The summed E-state index contributed by atoms with van der Waals surface area (Å²) in [6, 6.07) is 0. The van der Waals surface area contributed by atoms with E-state index in [4.69, 9.17) is 5.73 Å². The molecule has 2 rings (SSSR count). The summed E-state index contributed by atoms with van der Waals surface area (Å²) < 4.78 is 23.7. The first-order chi connectivity index (χ1) is 8.01. The van der Waals surface area contributed by atoms with Crippen molar-refractivity contribution in [2.24, 2.45) is 11.7 Å². The predicted molar refractivity (Wildman–Crippen MR) is 69.6 cm³/mol. The van der Waals surface area contributed by atoms with E-state index in [0.717, 1.165) is 31.8 Å². The van der Waals surface area contributed by atoms with Gasteiger partial charge in [0.15, 0.2) is 9.84 Å². The maximum atomic E-state index is 11.9. The highest BCUT2D eigenvalue weighted by atomic mass is 32.2. The van der Waals surface area contributed by atoms with E-state index in [0.29, 0.717) is 12.3 Å². The molecule has 1 saturated carbocycles. The fourth-order valence-corrected chi connectivity index (χ4v) is 4.98. The summed E-state index contributed by atoms with van der Waals surface area (Å²) in [7, 11) is -2.89. The molecule has 1 atom stereocenters. The average Bonchev–Trinajstić information content (AvgIpc) is 3.08. The largest absolute Gasteiger partial charge is 0.329 e. The number of hydrogen-bond donors (Lipinski definition) is 1. The Kier molecular flexibility index (Phi) is 3.80. The Bertz CT molecular complexity index is 365. The molecule has 2 fully saturated rings. The third kappa shape index (κ3) is 3.01. The van der Waals surface area contributed by atoms with Gasteiger partial charge in [-0.3, -0.25) is 4.90 Å². The van der Waals surface area contributed by atoms with Crippen molar-refractivity contribution >= 4 is 9.84 Å². The standard InChI is InChI=1S/C12H24N2O2S/c1-2-14(8-11-4-5-11)12(9-13)6-3-7-17(15,16)10-12/h11H,2-10,13H2,1H3. The van der Waals surface area contributed by atoms with Crippen LogP contribution in [0.25, 0.3) is 0 Å². The fourth-order valence-electron chi connectivity index (χ4n) is 2.98. The van der Waals surface area contributed by atoms with Crippen molar-refractivity contribution in [2.45, 2.75) is 38.1 Å². The lowest BCUT2D eigenvalue weighted by Crippen LogP contribution is -2.60. The second-order valence-corrected chi connectivity index (χ2v) is 7.79. The Hall–Kier alpha value is -0.130. The first-order valence-electron chi connectivity index (χ1n) is 6.67. The molecule has 0 aromatic carbocycles. The van der Waals surface area contributed by atoms with Crippen LogP contribution in [0, 0.1) is 5.92 Å². The van der Waals surface area contributed by atoms with E-state index in [9.17, 15) is 8.42 Å². The van der Waals surface area contributed by atoms with Crippen LogP contribution in [0.4, 0.5) is 0 Å². The minimum absolute atomic E-state index is 0.261. The van der Waals surface area contributed by atoms with Crippen molar-refractivity contribution in [3.63, 3.8) is 0 Å². The van der Waals surface area contributed by atoms with Crippen LogP contribution < -0.4 is 5.73 Å². The van der Waals surface area contributed by atoms with E-state index >= 15 is 0 Å². The molecule has 5 heteroatoms. The van der Waals surface area contributed by atoms with Gasteiger partial charge in [-0.15, -0.1) is 0 Å². The Morgan fingerprint density at radius 1 is 1.41 bits per heavy atom. The molecule has 17 heavy (non-hydrogen) atoms. The Labute approximate surface area is 104 Å². The number of nitrogens with zero attached hydrogens (tertiary/aromatic N) is 1. The van der Waals surface area contributed by atoms with Crippen LogP contribution in [0.1, 0.15) is 32.6 Å². The van der Waals surface area contributed by atoms with Crippen molar-refractivity contribution < 1.29 is 8.42 Å². The highest BCUT2D eigenvalue weighted by Gasteiger charge is 2.43. The smallest absolute Gasteiger partial charge is 0.152 e. The SMILES string of the molecule is CCN(CC1CC1)C1(CN)CCCS(=O)(=O)C1. The van der Waals surface area contributed by atoms with Gasteiger partial charge in [-0.05, 0) is 38.1 Å². The molecule has 2 N–H and O–H groups in total. The molecule has 1 saturated heterocycles. The van der Waals surface area contributed by atoms with E-state index in [2.05, 4.69) is 11.8 Å². The molecular weight excluding hydrogens is 236 g/mol. The van der Waals surface area contributed by atoms with Gasteiger partial charge in [0, 0.05) is 18.6 Å². The van der Waals surface area contributed by atoms with Gasteiger partial charge < -0.3 is 5.73 Å². The van der Waals surface area contributed by atoms with E-state index in [1.807, 2.05) is 0 Å². The molecule has 2 aliphatic rings. The molecule has 1 aliphatic carbocycles. The van der Waals surface area contributed by atoms with Gasteiger partial charge in [0.05, 0.1) is 11.5 Å². The zero-order valence-corrected chi connectivity index (χ0v) is 11.5. The van der Waals surface area contributed by atoms with Crippen LogP contribution in [0.5, 0.6) is 0 Å². The zero-order chi connectivity index (χ0) is 12.5. The summed E-state index contributed by atoms with van der Waals surface area (Å²) in [5.41, 5.74) is 5.64. The van der Waals surface area contributed by atoms with E-state index < -0.39 is 9.84 Å². The molecule has 0 spiro atoms. The van der Waals surface area contributed by atoms with Crippen molar-refractivity contribution in [1.29, 1.82) is 0 Å². The third-order valence-corrected chi connectivity index (χ3v) is 6.08. The van der Waals surface area contributed by atoms with Crippen LogP contribution >= 0.6 is 0 Å². The minimum atomic E-state index is -2.89. The van der Waals surface area contributed by atoms with Gasteiger partial charge in [-0.1, -0.05) is 6.92 Å². The Morgan fingerprint density at radius 2 is 2.12 bits per heavy atom. The van der Waals surface area contributed by atoms with E-state index in [-0.39, 0.29) is 11.3 Å². The first-order valence-corrected chi connectivity index (χ1v) is 8.49. The van der Waals surface area contributed by atoms with Gasteiger partial charge >= 0.3 is 0 Å². The van der Waals surface area contributed by atoms with E-state index in [1.54, 1.807) is 0 Å². The van der Waals surface area contributed by atoms with Crippen LogP contribution in [-0.2, 0) is 9.84 Å². The number of nitrogens with two attached hydrogens (primary N) is 1. The summed E-state index contributed by atoms with van der Waals surface area (Å²) in [6.07, 6.45) is 4.29. The summed E-state index contributed by atoms with van der Waals surface area (Å²) in [5, 5.41) is 0. The minimum Gasteiger partial charge on any atom is -0.329 e. The normalized spacial score (nSPS) is 32.9. The monoisotopic (exact) mass is 260 g/mol. The van der Waals surface area contributed by atoms with Crippen molar-refractivity contribution in [3.05, 3.63) is 0 Å². The average molecular weight is 260 g/mol. The number of hydrogen-bond acceptors (Lipinski definition) is 4. The molecule has 1 heterocycles. The Balaban J connectivity index is 2.15. The highest BCUT2D eigenvalue weighted by Crippen LogP contribution is 2.35. The number of likely N-dealkylation sites (N-methyl/N-ethyl adjacent to an activating group) is 1. The summed E-state index contributed by atoms with van der Waals surface area (Å²) in [6.45, 7) is 4.51. The van der Waals surface area contributed by atoms with Gasteiger partial charge in [0.25, 0.3) is 0 Å². The van der Waals surface area contributed by atoms with Crippen molar-refractivity contribution in [2.75, 3.05) is 31.1 Å². The molecule has 100 valence electrons. The topological polar surface area (TPSA) is 63.4 Å². The maximum absolute atomic E-state index is 11.9. The summed E-state index contributed by atoms with van der Waals surface area (Å²) in [5.74, 6) is 1.38. The fraction of sp³-hybridized carbons (Fsp3) is 1.00. The maximum Gasteiger partial charge on any atom is 0.152 e. The number of sulfone groups is 1. The lowest BCUT2D eigenvalue weighted by Gasteiger charge is -2.45. The van der Waals surface area contributed by atoms with E-state index in [1.165, 1.54) is 12.8 Å². The molecule has 0 amide bonds. The number of rotatable bonds is 5. The van der Waals surface area contributed by atoms with Crippen molar-refractivity contribution in [3.8, 4) is 0 Å². The van der Waals surface area contributed by atoms with Gasteiger partial charge in [-0.2, -0.15) is 0 Å². The van der Waals surface area contributed by atoms with Crippen molar-refractivity contribution in [1.82, 2.24) is 4.90 Å². The highest BCUT2D eigenvalue weighted by molar-refractivity contribution is 7.91. The lowest BCUT2D eigenvalue weighted by molar-refractivity contribution is 0.100. The van der Waals surface area contributed by atoms with Gasteiger partial charge in [0.1, 0.15) is 0 Å². The van der Waals surface area contributed by atoms with Crippen LogP contribution in [0.15, 0.2) is 0 Å². The molecular formula is C12H24N2O2S. The molecule has 0 radical (unpaired) electrons. The van der Waals surface area contributed by atoms with Gasteiger partial charge in [0.2, 0.25) is 0 Å². The molecule has 0 bridgehead atoms. The zero-order valence-electron chi connectivity index (χ0n) is 10.7. The Morgan fingerprint density at radius 3 is 2.59 bits per heavy atom. The predicted octanol–water partition coefficient (Wildman–Crippen LogP) is 0.624. The van der Waals surface area contributed by atoms with Gasteiger partial charge in [-0.25, -0.2) is 8.42 Å². The molecule has 0 aromatic heterocycles. The quantitative estimate of drug-likeness (QED) is 0.787. The molecule has 1 unspecified atom stereocenters. The first kappa shape index (κ1) is 13.3. The van der Waals surface area contributed by atoms with Crippen LogP contribution in [-0.4, -0.2) is 50.0 Å². The second-order valence-electron chi connectivity index (χ2n) is 5.61. The lowest BCUT2D eigenvalue weighted by atomic mass is 9.92. The van der Waals surface area contributed by atoms with Crippen LogP contribution in [0.2, 0.25) is 0 Å².